The van der Waals surface area contributed by atoms with Crippen LogP contribution in [0.1, 0.15) is 16.9 Å². The van der Waals surface area contributed by atoms with Crippen molar-refractivity contribution in [2.24, 2.45) is 7.05 Å². The Labute approximate surface area is 191 Å². The third-order valence-corrected chi connectivity index (χ3v) is 8.23. The summed E-state index contributed by atoms with van der Waals surface area (Å²) in [5.74, 6) is 1.90. The quantitative estimate of drug-likeness (QED) is 0.304. The van der Waals surface area contributed by atoms with Crippen molar-refractivity contribution in [1.29, 1.82) is 0 Å². The Bertz CT molecular complexity index is 1120. The maximum absolute atomic E-state index is 12.8. The molecule has 3 heterocycles. The van der Waals surface area contributed by atoms with Crippen molar-refractivity contribution < 1.29 is 4.74 Å². The molecule has 6 nitrogen and oxygen atoms in total. The van der Waals surface area contributed by atoms with Gasteiger partial charge in [-0.25, -0.2) is 4.98 Å². The summed E-state index contributed by atoms with van der Waals surface area (Å²) in [6, 6.07) is 8.24. The molecule has 0 bridgehead atoms. The zero-order chi connectivity index (χ0) is 22.0. The van der Waals surface area contributed by atoms with Gasteiger partial charge in [-0.15, -0.1) is 11.3 Å². The van der Waals surface area contributed by atoms with E-state index in [2.05, 4.69) is 28.9 Å². The molecule has 0 radical (unpaired) electrons. The number of aromatic nitrogens is 2. The van der Waals surface area contributed by atoms with E-state index in [-0.39, 0.29) is 5.56 Å². The summed E-state index contributed by atoms with van der Waals surface area (Å²) in [5.41, 5.74) is 2.32. The summed E-state index contributed by atoms with van der Waals surface area (Å²) in [7, 11) is 3.57. The number of hydrogen-bond acceptors (Lipinski definition) is 7. The first-order chi connectivity index (χ1) is 15.0. The van der Waals surface area contributed by atoms with Crippen LogP contribution in [-0.4, -0.2) is 60.0 Å². The lowest BCUT2D eigenvalue weighted by atomic mass is 10.2. The number of nitrogens with zero attached hydrogens (tertiary/aromatic N) is 4. The van der Waals surface area contributed by atoms with Crippen molar-refractivity contribution in [1.82, 2.24) is 14.5 Å². The lowest BCUT2D eigenvalue weighted by molar-refractivity contribution is 0.258. The number of benzene rings is 1. The highest BCUT2D eigenvalue weighted by molar-refractivity contribution is 7.99. The third-order valence-electron chi connectivity index (χ3n) is 6.02. The average molecular weight is 459 g/mol. The number of hydrogen-bond donors (Lipinski definition) is 0. The van der Waals surface area contributed by atoms with Crippen molar-refractivity contribution in [2.75, 3.05) is 50.5 Å². The molecule has 8 heteroatoms. The van der Waals surface area contributed by atoms with Gasteiger partial charge in [0.05, 0.1) is 18.2 Å². The van der Waals surface area contributed by atoms with Gasteiger partial charge in [-0.3, -0.25) is 14.3 Å². The number of aryl methyl sites for hydroxylation is 2. The summed E-state index contributed by atoms with van der Waals surface area (Å²) in [6.07, 6.45) is 1.08. The molecule has 0 atom stereocenters. The maximum Gasteiger partial charge on any atom is 0.262 e. The van der Waals surface area contributed by atoms with Crippen LogP contribution in [0.5, 0.6) is 5.75 Å². The molecular weight excluding hydrogens is 428 g/mol. The van der Waals surface area contributed by atoms with Crippen LogP contribution in [-0.2, 0) is 7.05 Å². The molecule has 1 fully saturated rings. The molecule has 0 spiro atoms. The van der Waals surface area contributed by atoms with Crippen LogP contribution >= 0.6 is 23.1 Å². The number of thiophene rings is 1. The molecule has 1 aromatic carbocycles. The number of thioether (sulfide) groups is 1. The molecule has 0 amide bonds. The summed E-state index contributed by atoms with van der Waals surface area (Å²) in [6.45, 7) is 9.27. The highest BCUT2D eigenvalue weighted by Gasteiger charge is 2.19. The number of para-hydroxylation sites is 2. The van der Waals surface area contributed by atoms with Gasteiger partial charge in [0.15, 0.2) is 5.16 Å². The fraction of sp³-hybridized carbons (Fsp3) is 0.478. The Hall–Kier alpha value is -2.03. The monoisotopic (exact) mass is 458 g/mol. The minimum atomic E-state index is 0.0711. The van der Waals surface area contributed by atoms with Crippen LogP contribution < -0.4 is 15.2 Å². The SMILES string of the molecule is COc1ccccc1N1CCN(CCCSc2nc3sc(C)c(C)c3c(=O)n2C)CC1. The molecule has 166 valence electrons. The molecule has 1 aliphatic heterocycles. The van der Waals surface area contributed by atoms with Gasteiger partial charge in [0.2, 0.25) is 0 Å². The molecule has 2 aromatic heterocycles. The minimum absolute atomic E-state index is 0.0711. The largest absolute Gasteiger partial charge is 0.495 e. The van der Waals surface area contributed by atoms with Crippen LogP contribution in [0.4, 0.5) is 5.69 Å². The summed E-state index contributed by atoms with van der Waals surface area (Å²) in [4.78, 5) is 24.5. The van der Waals surface area contributed by atoms with Crippen molar-refractivity contribution in [3.8, 4) is 5.75 Å². The number of ether oxygens (including phenoxy) is 1. The normalized spacial score (nSPS) is 15.0. The molecular formula is C23H30N4O2S2. The minimum Gasteiger partial charge on any atom is -0.495 e. The lowest BCUT2D eigenvalue weighted by Crippen LogP contribution is -2.46. The Kier molecular flexibility index (Phi) is 6.89. The van der Waals surface area contributed by atoms with Crippen molar-refractivity contribution in [2.45, 2.75) is 25.4 Å². The third kappa shape index (κ3) is 4.61. The summed E-state index contributed by atoms with van der Waals surface area (Å²) >= 11 is 3.31. The highest BCUT2D eigenvalue weighted by Crippen LogP contribution is 2.29. The number of fused-ring (bicyclic) bond motifs is 1. The van der Waals surface area contributed by atoms with Crippen LogP contribution in [0, 0.1) is 13.8 Å². The van der Waals surface area contributed by atoms with Gasteiger partial charge < -0.3 is 9.64 Å². The predicted molar refractivity (Wildman–Crippen MR) is 131 cm³/mol. The van der Waals surface area contributed by atoms with Crippen molar-refractivity contribution in [3.63, 3.8) is 0 Å². The molecule has 0 aliphatic carbocycles. The van der Waals surface area contributed by atoms with E-state index in [4.69, 9.17) is 9.72 Å². The Morgan fingerprint density at radius 1 is 1.16 bits per heavy atom. The lowest BCUT2D eigenvalue weighted by Gasteiger charge is -2.36. The highest BCUT2D eigenvalue weighted by atomic mass is 32.2. The molecule has 3 aromatic rings. The van der Waals surface area contributed by atoms with Gasteiger partial charge in [-0.1, -0.05) is 23.9 Å². The fourth-order valence-electron chi connectivity index (χ4n) is 4.04. The van der Waals surface area contributed by atoms with Crippen LogP contribution in [0.15, 0.2) is 34.2 Å². The average Bonchev–Trinajstić information content (AvgIpc) is 3.08. The first-order valence-electron chi connectivity index (χ1n) is 10.7. The second kappa shape index (κ2) is 9.63. The molecule has 31 heavy (non-hydrogen) atoms. The summed E-state index contributed by atoms with van der Waals surface area (Å²) in [5, 5.41) is 1.60. The van der Waals surface area contributed by atoms with Gasteiger partial charge in [0.25, 0.3) is 5.56 Å². The molecule has 4 rings (SSSR count). The van der Waals surface area contributed by atoms with Crippen LogP contribution in [0.25, 0.3) is 10.2 Å². The van der Waals surface area contributed by atoms with Gasteiger partial charge in [-0.2, -0.15) is 0 Å². The van der Waals surface area contributed by atoms with E-state index in [0.717, 1.165) is 71.6 Å². The zero-order valence-corrected chi connectivity index (χ0v) is 20.3. The zero-order valence-electron chi connectivity index (χ0n) is 18.7. The predicted octanol–water partition coefficient (Wildman–Crippen LogP) is 3.92. The standard InChI is InChI=1S/C23H30N4O2S2/c1-16-17(2)31-21-20(16)22(28)25(3)23(24-21)30-15-7-10-26-11-13-27(14-12-26)18-8-5-6-9-19(18)29-4/h5-6,8-9H,7,10-15H2,1-4H3. The van der Waals surface area contributed by atoms with Crippen molar-refractivity contribution >= 4 is 39.0 Å². The maximum atomic E-state index is 12.8. The Balaban J connectivity index is 1.28. The number of methoxy groups -OCH3 is 1. The molecule has 1 aliphatic rings. The van der Waals surface area contributed by atoms with Gasteiger partial charge in [0, 0.05) is 43.9 Å². The Morgan fingerprint density at radius 2 is 1.90 bits per heavy atom. The van der Waals surface area contributed by atoms with E-state index in [0.29, 0.717) is 0 Å². The molecule has 0 N–H and O–H groups in total. The van der Waals surface area contributed by atoms with E-state index >= 15 is 0 Å². The van der Waals surface area contributed by atoms with E-state index < -0.39 is 0 Å². The summed E-state index contributed by atoms with van der Waals surface area (Å²) < 4.78 is 7.22. The van der Waals surface area contributed by atoms with E-state index in [1.54, 1.807) is 34.8 Å². The molecule has 0 saturated carbocycles. The van der Waals surface area contributed by atoms with E-state index in [1.807, 2.05) is 26.1 Å². The van der Waals surface area contributed by atoms with Crippen LogP contribution in [0.3, 0.4) is 0 Å². The fourth-order valence-corrected chi connectivity index (χ4v) is 6.01. The smallest absolute Gasteiger partial charge is 0.262 e. The number of piperazine rings is 1. The van der Waals surface area contributed by atoms with Crippen LogP contribution in [0.2, 0.25) is 0 Å². The second-order valence-electron chi connectivity index (χ2n) is 7.92. The first kappa shape index (κ1) is 22.2. The van der Waals surface area contributed by atoms with Gasteiger partial charge in [0.1, 0.15) is 10.6 Å². The first-order valence-corrected chi connectivity index (χ1v) is 12.5. The number of anilines is 1. The second-order valence-corrected chi connectivity index (χ2v) is 10.2. The molecule has 1 saturated heterocycles. The topological polar surface area (TPSA) is 50.6 Å². The van der Waals surface area contributed by atoms with E-state index in [1.165, 1.54) is 10.6 Å². The Morgan fingerprint density at radius 3 is 2.65 bits per heavy atom. The molecule has 0 unspecified atom stereocenters. The van der Waals surface area contributed by atoms with Gasteiger partial charge >= 0.3 is 0 Å². The van der Waals surface area contributed by atoms with Crippen molar-refractivity contribution in [3.05, 3.63) is 45.1 Å². The van der Waals surface area contributed by atoms with Gasteiger partial charge in [-0.05, 0) is 44.5 Å². The number of rotatable bonds is 7. The van der Waals surface area contributed by atoms with E-state index in [9.17, 15) is 4.79 Å².